The normalized spacial score (nSPS) is 11.6. The van der Waals surface area contributed by atoms with Gasteiger partial charge in [-0.1, -0.05) is 182 Å². The van der Waals surface area contributed by atoms with Gasteiger partial charge in [-0.3, -0.25) is 0 Å². The van der Waals surface area contributed by atoms with E-state index in [9.17, 15) is 8.78 Å². The van der Waals surface area contributed by atoms with Gasteiger partial charge in [0.2, 0.25) is 0 Å². The highest BCUT2D eigenvalue weighted by Gasteiger charge is 2.22. The molecular formula is C90H52F2N6O4. The maximum Gasteiger partial charge on any atom is 0.164 e. The fourth-order valence-electron chi connectivity index (χ4n) is 13.8. The summed E-state index contributed by atoms with van der Waals surface area (Å²) in [6, 6.07) is 102. The molecule has 102 heavy (non-hydrogen) atoms. The third-order valence-corrected chi connectivity index (χ3v) is 18.8. The van der Waals surface area contributed by atoms with Crippen LogP contribution in [0.1, 0.15) is 0 Å². The first-order valence-electron chi connectivity index (χ1n) is 33.4. The van der Waals surface area contributed by atoms with Crippen molar-refractivity contribution < 1.29 is 26.4 Å². The first-order chi connectivity index (χ1) is 50.3. The van der Waals surface area contributed by atoms with E-state index >= 15 is 0 Å². The fourth-order valence-corrected chi connectivity index (χ4v) is 13.8. The van der Waals surface area contributed by atoms with E-state index in [0.717, 1.165) is 155 Å². The Hall–Kier alpha value is -13.8. The lowest BCUT2D eigenvalue weighted by Gasteiger charge is -2.13. The summed E-state index contributed by atoms with van der Waals surface area (Å²) in [5.74, 6) is 2.31. The van der Waals surface area contributed by atoms with Crippen molar-refractivity contribution >= 4 is 87.8 Å². The van der Waals surface area contributed by atoms with E-state index in [-0.39, 0.29) is 11.6 Å². The summed E-state index contributed by atoms with van der Waals surface area (Å²) in [6.07, 6.45) is 0. The van der Waals surface area contributed by atoms with Gasteiger partial charge in [0, 0.05) is 87.6 Å². The Morgan fingerprint density at radius 3 is 0.843 bits per heavy atom. The number of fused-ring (bicyclic) bond motifs is 12. The fraction of sp³-hybridized carbons (Fsp3) is 0. The number of rotatable bonds is 10. The minimum atomic E-state index is -0.326. The Labute approximate surface area is 580 Å². The highest BCUT2D eigenvalue weighted by atomic mass is 19.1. The number of para-hydroxylation sites is 6. The minimum Gasteiger partial charge on any atom is -0.456 e. The molecular weight excluding hydrogens is 1270 g/mol. The van der Waals surface area contributed by atoms with Crippen LogP contribution in [0, 0.1) is 11.6 Å². The van der Waals surface area contributed by atoms with Crippen LogP contribution in [0.3, 0.4) is 0 Å². The lowest BCUT2D eigenvalue weighted by atomic mass is 9.94. The lowest BCUT2D eigenvalue weighted by molar-refractivity contribution is 0.627. The third kappa shape index (κ3) is 10.8. The van der Waals surface area contributed by atoms with Gasteiger partial charge in [-0.05, 0) is 167 Å². The zero-order valence-corrected chi connectivity index (χ0v) is 54.1. The average Bonchev–Trinajstić information content (AvgIpc) is 1.55. The molecule has 0 aliphatic carbocycles. The molecule has 20 aromatic rings. The molecule has 0 unspecified atom stereocenters. The molecule has 0 bridgehead atoms. The Balaban J connectivity index is 0.000000141. The van der Waals surface area contributed by atoms with Gasteiger partial charge < -0.3 is 17.7 Å². The van der Waals surface area contributed by atoms with E-state index in [4.69, 9.17) is 47.6 Å². The highest BCUT2D eigenvalue weighted by Crippen LogP contribution is 2.44. The molecule has 480 valence electrons. The number of halogens is 2. The second kappa shape index (κ2) is 24.6. The predicted molar refractivity (Wildman–Crippen MR) is 403 cm³/mol. The number of benzene rings is 14. The summed E-state index contributed by atoms with van der Waals surface area (Å²) in [5, 5.41) is 8.43. The molecule has 0 aliphatic heterocycles. The molecule has 0 saturated carbocycles. The second-order valence-electron chi connectivity index (χ2n) is 25.1. The van der Waals surface area contributed by atoms with Gasteiger partial charge >= 0.3 is 0 Å². The van der Waals surface area contributed by atoms with E-state index in [1.54, 1.807) is 24.3 Å². The van der Waals surface area contributed by atoms with Gasteiger partial charge in [0.05, 0.1) is 0 Å². The van der Waals surface area contributed by atoms with Crippen LogP contribution in [0.15, 0.2) is 333 Å². The Morgan fingerprint density at radius 2 is 0.451 bits per heavy atom. The van der Waals surface area contributed by atoms with Crippen molar-refractivity contribution in [1.82, 2.24) is 29.9 Å². The van der Waals surface area contributed by atoms with Crippen molar-refractivity contribution in [3.05, 3.63) is 327 Å². The van der Waals surface area contributed by atoms with Crippen LogP contribution in [0.25, 0.3) is 201 Å². The third-order valence-electron chi connectivity index (χ3n) is 18.8. The first kappa shape index (κ1) is 59.4. The summed E-state index contributed by atoms with van der Waals surface area (Å²) in [7, 11) is 0. The molecule has 0 radical (unpaired) electrons. The standard InChI is InChI=1S/2C45H26FN3O2/c46-32-22-20-28(21-23-32)44-47-43(27-10-2-1-3-11-27)48-45(49-44)31-25-29(33-14-8-16-37-35-12-4-6-18-39(35)50-41(33)37)24-30(26-31)34-15-9-17-38-36-13-5-7-19-40(36)51-42(34)38;46-34-18-14-28(15-19-34)44-47-43(27-8-2-1-3-9-27)48-45(49-44)33-23-31(29-16-20-41-37(25-29)35-10-4-6-12-39(35)50-41)22-32(24-33)30-17-21-42-38(26-30)36-11-5-7-13-40(36)51-42/h2*1-26H. The van der Waals surface area contributed by atoms with E-state index in [1.807, 2.05) is 146 Å². The maximum absolute atomic E-state index is 14.0. The molecule has 0 amide bonds. The van der Waals surface area contributed by atoms with Crippen LogP contribution in [-0.2, 0) is 0 Å². The van der Waals surface area contributed by atoms with E-state index in [0.29, 0.717) is 46.1 Å². The van der Waals surface area contributed by atoms with Crippen molar-refractivity contribution in [2.75, 3.05) is 0 Å². The van der Waals surface area contributed by atoms with Crippen LogP contribution in [0.5, 0.6) is 0 Å². The van der Waals surface area contributed by atoms with Crippen LogP contribution in [-0.4, -0.2) is 29.9 Å². The molecule has 20 rings (SSSR count). The Morgan fingerprint density at radius 1 is 0.176 bits per heavy atom. The topological polar surface area (TPSA) is 130 Å². The van der Waals surface area contributed by atoms with Crippen molar-refractivity contribution in [2.24, 2.45) is 0 Å². The van der Waals surface area contributed by atoms with Gasteiger partial charge in [0.1, 0.15) is 56.3 Å². The number of hydrogen-bond donors (Lipinski definition) is 0. The lowest BCUT2D eigenvalue weighted by Crippen LogP contribution is -2.00. The molecule has 10 nitrogen and oxygen atoms in total. The van der Waals surface area contributed by atoms with Crippen LogP contribution in [0.2, 0.25) is 0 Å². The molecule has 0 fully saturated rings. The largest absolute Gasteiger partial charge is 0.456 e. The second-order valence-corrected chi connectivity index (χ2v) is 25.1. The zero-order chi connectivity index (χ0) is 67.8. The Kier molecular flexibility index (Phi) is 14.3. The Bertz CT molecular complexity index is 6400. The summed E-state index contributed by atoms with van der Waals surface area (Å²) in [6.45, 7) is 0. The van der Waals surface area contributed by atoms with Crippen LogP contribution >= 0.6 is 0 Å². The maximum atomic E-state index is 14.0. The summed E-state index contributed by atoms with van der Waals surface area (Å²) in [5.41, 5.74) is 19.2. The number of nitrogens with zero attached hydrogens (tertiary/aromatic N) is 6. The predicted octanol–water partition coefficient (Wildman–Crippen LogP) is 24.3. The first-order valence-corrected chi connectivity index (χ1v) is 33.4. The van der Waals surface area contributed by atoms with E-state index in [1.165, 1.54) is 24.3 Å². The zero-order valence-electron chi connectivity index (χ0n) is 54.1. The smallest absolute Gasteiger partial charge is 0.164 e. The highest BCUT2D eigenvalue weighted by molar-refractivity contribution is 6.13. The van der Waals surface area contributed by atoms with Crippen LogP contribution in [0.4, 0.5) is 8.78 Å². The van der Waals surface area contributed by atoms with Gasteiger partial charge in [-0.15, -0.1) is 0 Å². The summed E-state index contributed by atoms with van der Waals surface area (Å²) < 4.78 is 53.3. The summed E-state index contributed by atoms with van der Waals surface area (Å²) in [4.78, 5) is 29.7. The monoisotopic (exact) mass is 1320 g/mol. The number of hydrogen-bond acceptors (Lipinski definition) is 10. The quantitative estimate of drug-likeness (QED) is 0.130. The summed E-state index contributed by atoms with van der Waals surface area (Å²) >= 11 is 0. The van der Waals surface area contributed by atoms with Crippen LogP contribution < -0.4 is 0 Å². The minimum absolute atomic E-state index is 0.321. The molecule has 0 atom stereocenters. The van der Waals surface area contributed by atoms with Crippen molar-refractivity contribution in [1.29, 1.82) is 0 Å². The molecule has 0 spiro atoms. The molecule has 6 heterocycles. The SMILES string of the molecule is Fc1ccc(-c2nc(-c3ccccc3)nc(-c3cc(-c4ccc5oc6ccccc6c5c4)cc(-c4ccc5oc6ccccc6c5c4)c3)n2)cc1.Fc1ccc(-c2nc(-c3ccccc3)nc(-c3cc(-c4cccc5c4oc4ccccc45)cc(-c4cccc5c4oc4ccccc45)c3)n2)cc1. The number of furan rings is 4. The molecule has 14 aromatic carbocycles. The van der Waals surface area contributed by atoms with Gasteiger partial charge in [-0.2, -0.15) is 0 Å². The molecule has 0 saturated heterocycles. The molecule has 12 heteroatoms. The van der Waals surface area contributed by atoms with Gasteiger partial charge in [0.15, 0.2) is 34.9 Å². The van der Waals surface area contributed by atoms with Crippen molar-refractivity contribution in [2.45, 2.75) is 0 Å². The van der Waals surface area contributed by atoms with Gasteiger partial charge in [0.25, 0.3) is 0 Å². The van der Waals surface area contributed by atoms with Crippen molar-refractivity contribution in [3.8, 4) is 113 Å². The molecule has 6 aromatic heterocycles. The van der Waals surface area contributed by atoms with Gasteiger partial charge in [-0.25, -0.2) is 38.7 Å². The van der Waals surface area contributed by atoms with Crippen molar-refractivity contribution in [3.63, 3.8) is 0 Å². The van der Waals surface area contributed by atoms with E-state index < -0.39 is 0 Å². The number of aromatic nitrogens is 6. The average molecular weight is 1320 g/mol. The van der Waals surface area contributed by atoms with E-state index in [2.05, 4.69) is 121 Å². The molecule has 0 N–H and O–H groups in total. The molecule has 0 aliphatic rings.